The van der Waals surface area contributed by atoms with Gasteiger partial charge in [-0.3, -0.25) is 14.3 Å². The predicted molar refractivity (Wildman–Crippen MR) is 94.3 cm³/mol. The van der Waals surface area contributed by atoms with Crippen LogP contribution < -0.4 is 0 Å². The highest BCUT2D eigenvalue weighted by Gasteiger charge is 2.46. The number of hydrogen-bond acceptors (Lipinski definition) is 4. The van der Waals surface area contributed by atoms with Crippen molar-refractivity contribution in [2.45, 2.75) is 65.0 Å². The lowest BCUT2D eigenvalue weighted by Gasteiger charge is -2.48. The Morgan fingerprint density at radius 1 is 1.32 bits per heavy atom. The summed E-state index contributed by atoms with van der Waals surface area (Å²) in [6.45, 7) is 6.99. The van der Waals surface area contributed by atoms with Crippen LogP contribution in [0.15, 0.2) is 6.20 Å². The Morgan fingerprint density at radius 3 is 2.64 bits per heavy atom. The number of carbonyl (C=O) groups is 2. The summed E-state index contributed by atoms with van der Waals surface area (Å²) in [6, 6.07) is 0.281. The highest BCUT2D eigenvalue weighted by Crippen LogP contribution is 2.40. The van der Waals surface area contributed by atoms with Crippen LogP contribution in [-0.4, -0.2) is 46.3 Å². The minimum absolute atomic E-state index is 0.0120. The molecule has 0 N–H and O–H groups in total. The van der Waals surface area contributed by atoms with Crippen LogP contribution in [-0.2, 0) is 9.53 Å². The number of amides is 1. The van der Waals surface area contributed by atoms with E-state index in [-0.39, 0.29) is 23.8 Å². The van der Waals surface area contributed by atoms with Crippen molar-refractivity contribution in [3.05, 3.63) is 17.5 Å². The van der Waals surface area contributed by atoms with E-state index in [0.29, 0.717) is 17.5 Å². The molecule has 1 saturated carbocycles. The summed E-state index contributed by atoms with van der Waals surface area (Å²) in [7, 11) is 1.43. The largest absolute Gasteiger partial charge is 0.469 e. The molecular weight excluding hydrogens is 318 g/mol. The zero-order chi connectivity index (χ0) is 18.1. The quantitative estimate of drug-likeness (QED) is 0.768. The van der Waals surface area contributed by atoms with Crippen molar-refractivity contribution in [2.24, 2.45) is 11.8 Å². The van der Waals surface area contributed by atoms with Crippen molar-refractivity contribution in [3.63, 3.8) is 0 Å². The first-order valence-electron chi connectivity index (χ1n) is 9.44. The maximum Gasteiger partial charge on any atom is 0.310 e. The van der Waals surface area contributed by atoms with Crippen LogP contribution >= 0.6 is 0 Å². The van der Waals surface area contributed by atoms with E-state index in [0.717, 1.165) is 44.3 Å². The van der Waals surface area contributed by atoms with Crippen molar-refractivity contribution in [3.8, 4) is 0 Å². The summed E-state index contributed by atoms with van der Waals surface area (Å²) in [5.74, 6) is 0.0397. The average molecular weight is 347 g/mol. The first kappa shape index (κ1) is 18.0. The molecule has 1 aromatic heterocycles. The number of fused-ring (bicyclic) bond motifs is 3. The summed E-state index contributed by atoms with van der Waals surface area (Å²) in [4.78, 5) is 27.2. The van der Waals surface area contributed by atoms with Crippen molar-refractivity contribution in [1.82, 2.24) is 14.7 Å². The summed E-state index contributed by atoms with van der Waals surface area (Å²) >= 11 is 0. The minimum atomic E-state index is -0.184. The van der Waals surface area contributed by atoms with Crippen molar-refractivity contribution in [1.29, 1.82) is 0 Å². The van der Waals surface area contributed by atoms with Gasteiger partial charge in [-0.25, -0.2) is 0 Å². The lowest BCUT2D eigenvalue weighted by molar-refractivity contribution is -0.152. The SMILES string of the molecule is CCC(CC)n1ncc(C(=O)N2CC3CCC2C(C(=O)OC)C3)c1C. The lowest BCUT2D eigenvalue weighted by atomic mass is 9.72. The first-order valence-corrected chi connectivity index (χ1v) is 9.44. The highest BCUT2D eigenvalue weighted by atomic mass is 16.5. The van der Waals surface area contributed by atoms with Gasteiger partial charge in [0.1, 0.15) is 0 Å². The average Bonchev–Trinajstić information content (AvgIpc) is 3.03. The third-order valence-electron chi connectivity index (χ3n) is 6.11. The normalized spacial score (nSPS) is 25.5. The van der Waals surface area contributed by atoms with Gasteiger partial charge in [-0.1, -0.05) is 13.8 Å². The number of methoxy groups -OCH3 is 1. The molecule has 3 unspecified atom stereocenters. The number of hydrogen-bond donors (Lipinski definition) is 0. The fourth-order valence-corrected chi connectivity index (χ4v) is 4.62. The zero-order valence-electron chi connectivity index (χ0n) is 15.7. The fourth-order valence-electron chi connectivity index (χ4n) is 4.62. The topological polar surface area (TPSA) is 64.4 Å². The van der Waals surface area contributed by atoms with E-state index in [1.807, 2.05) is 16.5 Å². The van der Waals surface area contributed by atoms with Gasteiger partial charge in [0.15, 0.2) is 0 Å². The van der Waals surface area contributed by atoms with Gasteiger partial charge in [0.2, 0.25) is 0 Å². The summed E-state index contributed by atoms with van der Waals surface area (Å²) < 4.78 is 6.95. The van der Waals surface area contributed by atoms with Crippen LogP contribution in [0.4, 0.5) is 0 Å². The predicted octanol–water partition coefficient (Wildman–Crippen LogP) is 2.97. The molecule has 1 amide bonds. The number of nitrogens with zero attached hydrogens (tertiary/aromatic N) is 3. The van der Waals surface area contributed by atoms with Gasteiger partial charge >= 0.3 is 5.97 Å². The van der Waals surface area contributed by atoms with Gasteiger partial charge in [0, 0.05) is 18.3 Å². The number of esters is 1. The van der Waals surface area contributed by atoms with Crippen LogP contribution in [0.5, 0.6) is 0 Å². The molecule has 1 aliphatic carbocycles. The van der Waals surface area contributed by atoms with Gasteiger partial charge in [-0.05, 0) is 44.9 Å². The number of carbonyl (C=O) groups excluding carboxylic acids is 2. The number of aromatic nitrogens is 2. The number of ether oxygens (including phenoxy) is 1. The van der Waals surface area contributed by atoms with Crippen LogP contribution in [0.25, 0.3) is 0 Å². The number of piperidine rings is 2. The molecule has 3 aliphatic rings. The molecule has 0 aromatic carbocycles. The molecule has 0 radical (unpaired) electrons. The van der Waals surface area contributed by atoms with E-state index >= 15 is 0 Å². The Kier molecular flexibility index (Phi) is 5.16. The van der Waals surface area contributed by atoms with Crippen molar-refractivity contribution in [2.75, 3.05) is 13.7 Å². The molecule has 6 nitrogen and oxygen atoms in total. The zero-order valence-corrected chi connectivity index (χ0v) is 15.7. The monoisotopic (exact) mass is 347 g/mol. The van der Waals surface area contributed by atoms with E-state index in [1.54, 1.807) is 6.20 Å². The Labute approximate surface area is 149 Å². The third kappa shape index (κ3) is 3.07. The third-order valence-corrected chi connectivity index (χ3v) is 6.11. The van der Waals surface area contributed by atoms with Crippen molar-refractivity contribution < 1.29 is 14.3 Å². The Bertz CT molecular complexity index is 650. The molecule has 138 valence electrons. The highest BCUT2D eigenvalue weighted by molar-refractivity contribution is 5.96. The fraction of sp³-hybridized carbons (Fsp3) is 0.737. The van der Waals surface area contributed by atoms with Crippen LogP contribution in [0.2, 0.25) is 0 Å². The number of rotatable bonds is 5. The molecule has 6 heteroatoms. The molecule has 3 fully saturated rings. The molecule has 2 saturated heterocycles. The molecule has 0 spiro atoms. The standard InChI is InChI=1S/C19H29N3O3/c1-5-14(6-2)22-12(3)16(10-20-22)18(23)21-11-13-7-8-17(21)15(9-13)19(24)25-4/h10,13-15,17H,5-9,11H2,1-4H3. The van der Waals surface area contributed by atoms with Gasteiger partial charge < -0.3 is 9.64 Å². The van der Waals surface area contributed by atoms with Crippen molar-refractivity contribution >= 4 is 11.9 Å². The van der Waals surface area contributed by atoms with E-state index in [2.05, 4.69) is 18.9 Å². The summed E-state index contributed by atoms with van der Waals surface area (Å²) in [5, 5.41) is 4.48. The van der Waals surface area contributed by atoms with E-state index < -0.39 is 0 Å². The van der Waals surface area contributed by atoms with E-state index in [4.69, 9.17) is 4.74 Å². The molecule has 2 bridgehead atoms. The molecule has 25 heavy (non-hydrogen) atoms. The Balaban J connectivity index is 1.85. The lowest BCUT2D eigenvalue weighted by Crippen LogP contribution is -2.57. The Morgan fingerprint density at radius 2 is 2.04 bits per heavy atom. The summed E-state index contributed by atoms with van der Waals surface area (Å²) in [6.07, 6.45) is 6.50. The Hall–Kier alpha value is -1.85. The maximum absolute atomic E-state index is 13.2. The van der Waals surface area contributed by atoms with Crippen LogP contribution in [0, 0.1) is 18.8 Å². The smallest absolute Gasteiger partial charge is 0.310 e. The molecule has 2 aliphatic heterocycles. The van der Waals surface area contributed by atoms with Gasteiger partial charge in [-0.15, -0.1) is 0 Å². The van der Waals surface area contributed by atoms with Gasteiger partial charge in [0.25, 0.3) is 5.91 Å². The molecule has 4 rings (SSSR count). The maximum atomic E-state index is 13.2. The second kappa shape index (κ2) is 7.18. The van der Waals surface area contributed by atoms with E-state index in [9.17, 15) is 9.59 Å². The van der Waals surface area contributed by atoms with E-state index in [1.165, 1.54) is 7.11 Å². The summed E-state index contributed by atoms with van der Waals surface area (Å²) in [5.41, 5.74) is 1.60. The second-order valence-corrected chi connectivity index (χ2v) is 7.39. The van der Waals surface area contributed by atoms with Gasteiger partial charge in [-0.2, -0.15) is 5.10 Å². The molecule has 1 aromatic rings. The molecular formula is C19H29N3O3. The first-order chi connectivity index (χ1) is 12.0. The van der Waals surface area contributed by atoms with Crippen LogP contribution in [0.3, 0.4) is 0 Å². The molecule has 3 atom stereocenters. The van der Waals surface area contributed by atoms with Crippen LogP contribution in [0.1, 0.15) is 68.0 Å². The second-order valence-electron chi connectivity index (χ2n) is 7.39. The minimum Gasteiger partial charge on any atom is -0.469 e. The molecule has 3 heterocycles. The van der Waals surface area contributed by atoms with Gasteiger partial charge in [0.05, 0.1) is 30.8 Å².